The van der Waals surface area contributed by atoms with Gasteiger partial charge in [0.1, 0.15) is 10.8 Å². The van der Waals surface area contributed by atoms with Crippen LogP contribution in [-0.4, -0.2) is 40.6 Å². The number of benzene rings is 2. The zero-order chi connectivity index (χ0) is 29.1. The Morgan fingerprint density at radius 2 is 1.80 bits per heavy atom. The van der Waals surface area contributed by atoms with Crippen LogP contribution >= 0.6 is 22.9 Å². The maximum absolute atomic E-state index is 14.5. The van der Waals surface area contributed by atoms with Crippen LogP contribution in [0.3, 0.4) is 0 Å². The number of methoxy groups -OCH3 is 1. The maximum Gasteiger partial charge on any atom is 0.265 e. The van der Waals surface area contributed by atoms with Gasteiger partial charge in [-0.25, -0.2) is 4.98 Å². The molecule has 0 N–H and O–H groups in total. The van der Waals surface area contributed by atoms with Crippen molar-refractivity contribution in [2.75, 3.05) is 20.2 Å². The number of hydrogen-bond donors (Lipinski definition) is 0. The molecule has 8 heteroatoms. The number of nitrogens with zero attached hydrogens (tertiary/aromatic N) is 3. The molecule has 3 heterocycles. The molecule has 6 nitrogen and oxygen atoms in total. The second-order valence-electron chi connectivity index (χ2n) is 10.5. The van der Waals surface area contributed by atoms with E-state index in [-0.39, 0.29) is 11.5 Å². The Balaban J connectivity index is 1.80. The Morgan fingerprint density at radius 1 is 1.07 bits per heavy atom. The van der Waals surface area contributed by atoms with E-state index in [0.29, 0.717) is 57.8 Å². The zero-order valence-electron chi connectivity index (χ0n) is 23.9. The third-order valence-electron chi connectivity index (χ3n) is 7.33. The average molecular weight is 588 g/mol. The molecule has 4 aromatic rings. The summed E-state index contributed by atoms with van der Waals surface area (Å²) < 4.78 is 7.24. The number of ether oxygens (including phenoxy) is 1. The summed E-state index contributed by atoms with van der Waals surface area (Å²) in [4.78, 5) is 35.4. The number of aryl methyl sites for hydroxylation is 1. The van der Waals surface area contributed by atoms with Gasteiger partial charge in [-0.2, -0.15) is 0 Å². The molecule has 0 bridgehead atoms. The third kappa shape index (κ3) is 6.02. The highest BCUT2D eigenvalue weighted by molar-refractivity contribution is 7.13. The van der Waals surface area contributed by atoms with Gasteiger partial charge in [0.15, 0.2) is 0 Å². The molecule has 1 saturated heterocycles. The average Bonchev–Trinajstić information content (AvgIpc) is 3.47. The molecule has 1 fully saturated rings. The molecule has 0 unspecified atom stereocenters. The molecule has 0 spiro atoms. The van der Waals surface area contributed by atoms with Crippen LogP contribution < -0.4 is 10.3 Å². The lowest BCUT2D eigenvalue weighted by Gasteiger charge is -2.28. The van der Waals surface area contributed by atoms with E-state index in [4.69, 9.17) is 21.3 Å². The van der Waals surface area contributed by atoms with Gasteiger partial charge in [-0.05, 0) is 75.4 Å². The molecule has 2 aromatic carbocycles. The molecular weight excluding hydrogens is 554 g/mol. The number of halogens is 1. The Morgan fingerprint density at radius 3 is 2.46 bits per heavy atom. The van der Waals surface area contributed by atoms with Crippen LogP contribution in [-0.2, 0) is 6.42 Å². The van der Waals surface area contributed by atoms with Gasteiger partial charge in [0, 0.05) is 35.1 Å². The number of likely N-dealkylation sites (tertiary alicyclic amines) is 1. The lowest BCUT2D eigenvalue weighted by Crippen LogP contribution is -2.37. The van der Waals surface area contributed by atoms with Crippen LogP contribution in [0.4, 0.5) is 0 Å². The summed E-state index contributed by atoms with van der Waals surface area (Å²) in [7, 11) is 1.61. The highest BCUT2D eigenvalue weighted by atomic mass is 35.5. The van der Waals surface area contributed by atoms with Gasteiger partial charge in [0.2, 0.25) is 0 Å². The molecular formula is C33H34ClN3O3S. The minimum absolute atomic E-state index is 0.0670. The molecule has 41 heavy (non-hydrogen) atoms. The summed E-state index contributed by atoms with van der Waals surface area (Å²) >= 11 is 7.48. The quantitative estimate of drug-likeness (QED) is 0.220. The molecule has 1 amide bonds. The Labute approximate surface area is 249 Å². The number of piperidine rings is 1. The summed E-state index contributed by atoms with van der Waals surface area (Å²) in [5.74, 6) is 0.573. The summed E-state index contributed by atoms with van der Waals surface area (Å²) in [6.45, 7) is 7.42. The fourth-order valence-electron chi connectivity index (χ4n) is 5.21. The largest absolute Gasteiger partial charge is 0.497 e. The van der Waals surface area contributed by atoms with Crippen molar-refractivity contribution in [1.29, 1.82) is 0 Å². The van der Waals surface area contributed by atoms with Crippen molar-refractivity contribution in [3.05, 3.63) is 91.7 Å². The molecule has 5 rings (SSSR count). The third-order valence-corrected chi connectivity index (χ3v) is 8.45. The minimum Gasteiger partial charge on any atom is -0.497 e. The summed E-state index contributed by atoms with van der Waals surface area (Å²) in [6, 6.07) is 15.0. The van der Waals surface area contributed by atoms with Gasteiger partial charge in [-0.15, -0.1) is 11.3 Å². The maximum atomic E-state index is 14.5. The first-order valence-corrected chi connectivity index (χ1v) is 15.2. The summed E-state index contributed by atoms with van der Waals surface area (Å²) in [5.41, 5.74) is 5.56. The van der Waals surface area contributed by atoms with Crippen molar-refractivity contribution in [3.63, 3.8) is 0 Å². The predicted molar refractivity (Wildman–Crippen MR) is 169 cm³/mol. The lowest BCUT2D eigenvalue weighted by molar-refractivity contribution is 0.0723. The van der Waals surface area contributed by atoms with Crippen LogP contribution in [0.2, 0.25) is 5.02 Å². The first-order valence-electron chi connectivity index (χ1n) is 13.9. The number of allylic oxidation sites excluding steroid dienone is 1. The van der Waals surface area contributed by atoms with Crippen molar-refractivity contribution in [2.45, 2.75) is 46.5 Å². The Kier molecular flexibility index (Phi) is 8.76. The van der Waals surface area contributed by atoms with E-state index < -0.39 is 0 Å². The van der Waals surface area contributed by atoms with Crippen LogP contribution in [0, 0.1) is 0 Å². The fourth-order valence-corrected chi connectivity index (χ4v) is 6.17. The predicted octanol–water partition coefficient (Wildman–Crippen LogP) is 7.90. The van der Waals surface area contributed by atoms with E-state index in [0.717, 1.165) is 41.7 Å². The monoisotopic (exact) mass is 587 g/mol. The number of carbonyl (C=O) groups is 1. The van der Waals surface area contributed by atoms with Gasteiger partial charge in [0.25, 0.3) is 11.5 Å². The zero-order valence-corrected chi connectivity index (χ0v) is 25.4. The first-order chi connectivity index (χ1) is 19.8. The number of carbonyl (C=O) groups excluding carboxylic acids is 1. The van der Waals surface area contributed by atoms with Crippen molar-refractivity contribution >= 4 is 34.9 Å². The molecule has 0 radical (unpaired) electrons. The summed E-state index contributed by atoms with van der Waals surface area (Å²) in [6.07, 6.45) is 5.71. The van der Waals surface area contributed by atoms with E-state index in [9.17, 15) is 9.59 Å². The van der Waals surface area contributed by atoms with Crippen LogP contribution in [0.1, 0.15) is 61.6 Å². The summed E-state index contributed by atoms with van der Waals surface area (Å²) in [5, 5.41) is 3.14. The molecule has 0 aliphatic carbocycles. The van der Waals surface area contributed by atoms with Crippen LogP contribution in [0.5, 0.6) is 5.75 Å². The second kappa shape index (κ2) is 12.5. The highest BCUT2D eigenvalue weighted by Crippen LogP contribution is 2.32. The van der Waals surface area contributed by atoms with Gasteiger partial charge in [0.05, 0.1) is 35.3 Å². The molecule has 1 aliphatic rings. The normalized spacial score (nSPS) is 13.2. The van der Waals surface area contributed by atoms with E-state index in [1.165, 1.54) is 11.3 Å². The van der Waals surface area contributed by atoms with Crippen LogP contribution in [0.15, 0.2) is 64.3 Å². The first kappa shape index (κ1) is 28.8. The fraction of sp³-hybridized carbons (Fsp3) is 0.303. The van der Waals surface area contributed by atoms with Gasteiger partial charge >= 0.3 is 0 Å². The molecule has 1 aliphatic heterocycles. The van der Waals surface area contributed by atoms with Crippen molar-refractivity contribution < 1.29 is 9.53 Å². The SMILES string of the molecule is CCc1ccc(OC)cc1-n1c(C=C(C)C)c(C(=O)N2CCCCC2)cc(-c2nc(-c3ccc(Cl)cc3)cs2)c1=O. The van der Waals surface area contributed by atoms with Crippen molar-refractivity contribution in [3.8, 4) is 33.3 Å². The van der Waals surface area contributed by atoms with E-state index >= 15 is 0 Å². The number of rotatable bonds is 7. The van der Waals surface area contributed by atoms with Gasteiger partial charge in [-0.1, -0.05) is 42.3 Å². The standard InChI is InChI=1S/C33H34ClN3O3S/c1-5-22-11-14-25(40-4)18-29(22)37-30(17-21(2)3)26(32(38)36-15-7-6-8-16-36)19-27(33(37)39)31-35-28(20-41-31)23-9-12-24(34)13-10-23/h9-14,17-20H,5-8,15-16H2,1-4H3. The van der Waals surface area contributed by atoms with Gasteiger partial charge in [-0.3, -0.25) is 14.2 Å². The second-order valence-corrected chi connectivity index (χ2v) is 11.8. The lowest BCUT2D eigenvalue weighted by atomic mass is 10.0. The smallest absolute Gasteiger partial charge is 0.265 e. The number of amides is 1. The number of aromatic nitrogens is 2. The Hall–Kier alpha value is -3.68. The topological polar surface area (TPSA) is 64.4 Å². The van der Waals surface area contributed by atoms with E-state index in [2.05, 4.69) is 6.92 Å². The number of thiazole rings is 1. The molecule has 2 aromatic heterocycles. The van der Waals surface area contributed by atoms with Crippen LogP contribution in [0.25, 0.3) is 33.6 Å². The molecule has 0 atom stereocenters. The van der Waals surface area contributed by atoms with Crippen molar-refractivity contribution in [1.82, 2.24) is 14.5 Å². The minimum atomic E-state index is -0.229. The molecule has 0 saturated carbocycles. The number of hydrogen-bond acceptors (Lipinski definition) is 5. The van der Waals surface area contributed by atoms with E-state index in [1.54, 1.807) is 17.7 Å². The highest BCUT2D eigenvalue weighted by Gasteiger charge is 2.27. The number of pyridine rings is 1. The van der Waals surface area contributed by atoms with Gasteiger partial charge < -0.3 is 9.64 Å². The van der Waals surface area contributed by atoms with Crippen molar-refractivity contribution in [2.24, 2.45) is 0 Å². The molecule has 212 valence electrons. The Bertz CT molecular complexity index is 1660. The van der Waals surface area contributed by atoms with E-state index in [1.807, 2.05) is 72.7 Å².